The van der Waals surface area contributed by atoms with Crippen molar-refractivity contribution in [3.05, 3.63) is 0 Å². The summed E-state index contributed by atoms with van der Waals surface area (Å²) in [6.45, 7) is 2.58. The molecule has 0 heterocycles. The first kappa shape index (κ1) is 11.7. The lowest BCUT2D eigenvalue weighted by molar-refractivity contribution is -0.140. The highest BCUT2D eigenvalue weighted by Crippen LogP contribution is 1.92. The van der Waals surface area contributed by atoms with Gasteiger partial charge in [-0.05, 0) is 13.3 Å². The number of hydrogen-bond donors (Lipinski definition) is 1. The maximum Gasteiger partial charge on any atom is 0.407 e. The van der Waals surface area contributed by atoms with Crippen molar-refractivity contribution in [3.63, 3.8) is 0 Å². The third kappa shape index (κ3) is 7.11. The van der Waals surface area contributed by atoms with Crippen molar-refractivity contribution in [1.29, 1.82) is 0 Å². The summed E-state index contributed by atoms with van der Waals surface area (Å²) in [5, 5.41) is 2.47. The lowest BCUT2D eigenvalue weighted by Gasteiger charge is -2.03. The van der Waals surface area contributed by atoms with Gasteiger partial charge in [0.25, 0.3) is 0 Å². The molecule has 0 radical (unpaired) electrons. The molecule has 13 heavy (non-hydrogen) atoms. The molecule has 0 aliphatic heterocycles. The summed E-state index contributed by atoms with van der Waals surface area (Å²) in [5.74, 6) is -0.292. The van der Waals surface area contributed by atoms with Crippen molar-refractivity contribution >= 4 is 12.1 Å². The number of rotatable bonds is 5. The van der Waals surface area contributed by atoms with E-state index < -0.39 is 6.09 Å². The first-order valence-electron chi connectivity index (χ1n) is 4.18. The number of ether oxygens (including phenoxy) is 2. The highest BCUT2D eigenvalue weighted by molar-refractivity contribution is 5.69. The molecule has 0 saturated carbocycles. The predicted octanol–water partition coefficient (Wildman–Crippen LogP) is 0.932. The monoisotopic (exact) mass is 191 g/mol. The largest absolute Gasteiger partial charge is 0.469 e. The van der Waals surface area contributed by atoms with E-state index in [9.17, 15) is 9.59 Å². The Balaban J connectivity index is 0. The molecule has 1 N–H and O–H groups in total. The molecule has 0 aromatic heterocycles. The summed E-state index contributed by atoms with van der Waals surface area (Å²) < 4.78 is 9.13. The van der Waals surface area contributed by atoms with Crippen molar-refractivity contribution in [2.24, 2.45) is 0 Å². The summed E-state index contributed by atoms with van der Waals surface area (Å²) in [4.78, 5) is 21.3. The van der Waals surface area contributed by atoms with Crippen LogP contribution in [0, 0.1) is 0 Å². The molecule has 0 unspecified atom stereocenters. The van der Waals surface area contributed by atoms with Gasteiger partial charge in [0, 0.05) is 14.4 Å². The van der Waals surface area contributed by atoms with Crippen LogP contribution in [0.25, 0.3) is 0 Å². The second kappa shape index (κ2) is 7.39. The first-order chi connectivity index (χ1) is 6.20. The maximum absolute atomic E-state index is 10.7. The Labute approximate surface area is 78.9 Å². The number of methoxy groups -OCH3 is 1. The van der Waals surface area contributed by atoms with Crippen LogP contribution in [-0.2, 0) is 14.3 Å². The van der Waals surface area contributed by atoms with Crippen molar-refractivity contribution in [1.82, 2.24) is 5.32 Å². The van der Waals surface area contributed by atoms with Gasteiger partial charge in [-0.15, -0.1) is 0 Å². The Kier molecular flexibility index (Phi) is 6.68. The van der Waals surface area contributed by atoms with Crippen LogP contribution in [0.2, 0.25) is 0 Å². The van der Waals surface area contributed by atoms with Gasteiger partial charge in [0.1, 0.15) is 0 Å². The van der Waals surface area contributed by atoms with E-state index in [0.717, 1.165) is 0 Å². The smallest absolute Gasteiger partial charge is 0.407 e. The highest BCUT2D eigenvalue weighted by atomic mass is 16.5. The van der Waals surface area contributed by atoms with Gasteiger partial charge < -0.3 is 14.8 Å². The fraction of sp³-hybridized carbons (Fsp3) is 0.750. The zero-order valence-corrected chi connectivity index (χ0v) is 7.96. The molecule has 0 atom stereocenters. The number of esters is 1. The van der Waals surface area contributed by atoms with E-state index in [1.165, 1.54) is 7.11 Å². The van der Waals surface area contributed by atoms with Gasteiger partial charge in [-0.25, -0.2) is 4.79 Å². The van der Waals surface area contributed by atoms with Crippen LogP contribution in [0.1, 0.15) is 21.2 Å². The number of alkyl carbamates (subject to hydrolysis) is 1. The van der Waals surface area contributed by atoms with Crippen LogP contribution in [0.15, 0.2) is 0 Å². The quantitative estimate of drug-likeness (QED) is 0.518. The third-order valence-electron chi connectivity index (χ3n) is 1.31. The predicted molar refractivity (Wildman–Crippen MR) is 48.4 cm³/mol. The molecule has 0 fully saturated rings. The molecule has 5 heteroatoms. The molecule has 0 aliphatic carbocycles. The molecule has 0 rings (SSSR count). The molecule has 0 aliphatic rings. The van der Waals surface area contributed by atoms with E-state index in [0.29, 0.717) is 13.0 Å². The Hall–Kier alpha value is -1.26. The average molecular weight is 191 g/mol. The molecular weight excluding hydrogens is 174 g/mol. The Bertz CT molecular complexity index is 175. The van der Waals surface area contributed by atoms with E-state index in [1.54, 1.807) is 6.92 Å². The molecule has 0 spiro atoms. The Morgan fingerprint density at radius 1 is 1.46 bits per heavy atom. The lowest BCUT2D eigenvalue weighted by atomic mass is 10.3. The highest BCUT2D eigenvalue weighted by Gasteiger charge is 2.02. The molecule has 0 saturated heterocycles. The van der Waals surface area contributed by atoms with Gasteiger partial charge in [0.2, 0.25) is 0 Å². The summed E-state index contributed by atoms with van der Waals surface area (Å²) in [7, 11) is 1.33. The number of amides is 1. The topological polar surface area (TPSA) is 64.6 Å². The second-order valence-corrected chi connectivity index (χ2v) is 2.35. The average Bonchev–Trinajstić information content (AvgIpc) is 2.12. The van der Waals surface area contributed by atoms with E-state index in [1.807, 2.05) is 0 Å². The molecular formula is C8H17NO4. The molecule has 0 aromatic carbocycles. The molecule has 1 amide bonds. The minimum atomic E-state index is -0.452. The van der Waals surface area contributed by atoms with Gasteiger partial charge in [-0.2, -0.15) is 0 Å². The SMILES string of the molecule is CCNC(=O)OCCCC(=O)OC.[HH]. The van der Waals surface area contributed by atoms with Crippen LogP contribution >= 0.6 is 0 Å². The standard InChI is InChI=1S/C8H15NO4.H2/c1-3-9-8(11)13-6-4-5-7(10)12-2;/h3-6H2,1-2H3,(H,9,11);1H. The first-order valence-corrected chi connectivity index (χ1v) is 4.18. The second-order valence-electron chi connectivity index (χ2n) is 2.35. The molecule has 78 valence electrons. The fourth-order valence-corrected chi connectivity index (χ4v) is 0.679. The maximum atomic E-state index is 10.7. The van der Waals surface area contributed by atoms with Gasteiger partial charge in [-0.1, -0.05) is 0 Å². The Morgan fingerprint density at radius 3 is 2.69 bits per heavy atom. The van der Waals surface area contributed by atoms with E-state index in [4.69, 9.17) is 4.74 Å². The van der Waals surface area contributed by atoms with Crippen LogP contribution in [-0.4, -0.2) is 32.3 Å². The summed E-state index contributed by atoms with van der Waals surface area (Å²) >= 11 is 0. The van der Waals surface area contributed by atoms with Gasteiger partial charge in [-0.3, -0.25) is 4.79 Å². The van der Waals surface area contributed by atoms with Gasteiger partial charge in [0.05, 0.1) is 13.7 Å². The summed E-state index contributed by atoms with van der Waals surface area (Å²) in [5.41, 5.74) is 0. The number of hydrogen-bond acceptors (Lipinski definition) is 4. The fourth-order valence-electron chi connectivity index (χ4n) is 0.679. The van der Waals surface area contributed by atoms with E-state index >= 15 is 0 Å². The minimum Gasteiger partial charge on any atom is -0.469 e. The van der Waals surface area contributed by atoms with Crippen molar-refractivity contribution < 1.29 is 20.5 Å². The molecule has 0 aromatic rings. The Morgan fingerprint density at radius 2 is 2.15 bits per heavy atom. The lowest BCUT2D eigenvalue weighted by Crippen LogP contribution is -2.24. The van der Waals surface area contributed by atoms with Gasteiger partial charge >= 0.3 is 12.1 Å². The van der Waals surface area contributed by atoms with Crippen LogP contribution in [0.5, 0.6) is 0 Å². The van der Waals surface area contributed by atoms with E-state index in [-0.39, 0.29) is 20.4 Å². The molecule has 0 bridgehead atoms. The number of carbonyl (C=O) groups is 2. The normalized spacial score (nSPS) is 9.08. The zero-order valence-electron chi connectivity index (χ0n) is 7.96. The summed E-state index contributed by atoms with van der Waals surface area (Å²) in [6.07, 6.45) is 0.312. The number of carbonyl (C=O) groups excluding carboxylic acids is 2. The van der Waals surface area contributed by atoms with Gasteiger partial charge in [0.15, 0.2) is 0 Å². The zero-order chi connectivity index (χ0) is 10.1. The molecule has 5 nitrogen and oxygen atoms in total. The number of nitrogens with one attached hydrogen (secondary N) is 1. The summed E-state index contributed by atoms with van der Waals surface area (Å²) in [6, 6.07) is 0. The minimum absolute atomic E-state index is 0. The van der Waals surface area contributed by atoms with Crippen LogP contribution < -0.4 is 5.32 Å². The van der Waals surface area contributed by atoms with Crippen molar-refractivity contribution in [2.45, 2.75) is 19.8 Å². The van der Waals surface area contributed by atoms with Crippen molar-refractivity contribution in [3.8, 4) is 0 Å². The van der Waals surface area contributed by atoms with Crippen LogP contribution in [0.3, 0.4) is 0 Å². The third-order valence-corrected chi connectivity index (χ3v) is 1.31. The van der Waals surface area contributed by atoms with Crippen molar-refractivity contribution in [2.75, 3.05) is 20.3 Å². The van der Waals surface area contributed by atoms with Crippen LogP contribution in [0.4, 0.5) is 4.79 Å². The van der Waals surface area contributed by atoms with E-state index in [2.05, 4.69) is 10.1 Å².